The number of aromatic hydroxyl groups is 1. The number of aryl methyl sites for hydroxylation is 2. The number of benzene rings is 3. The highest BCUT2D eigenvalue weighted by atomic mass is 16.3. The number of aromatic nitrogens is 3. The number of phenolic OH excluding ortho intramolecular Hbond substituents is 1. The summed E-state index contributed by atoms with van der Waals surface area (Å²) in [5.41, 5.74) is 5.59. The van der Waals surface area contributed by atoms with Crippen LogP contribution in [0, 0.1) is 0 Å². The van der Waals surface area contributed by atoms with Crippen LogP contribution in [0.5, 0.6) is 5.75 Å². The highest BCUT2D eigenvalue weighted by molar-refractivity contribution is 5.98. The van der Waals surface area contributed by atoms with Crippen LogP contribution < -0.4 is 4.90 Å². The fourth-order valence-corrected chi connectivity index (χ4v) is 7.58. The molecule has 5 aromatic rings. The molecule has 12 heteroatoms. The molecule has 3 aromatic carbocycles. The third kappa shape index (κ3) is 7.10. The van der Waals surface area contributed by atoms with Gasteiger partial charge in [-0.25, -0.2) is 20.0 Å². The van der Waals surface area contributed by atoms with Gasteiger partial charge in [0, 0.05) is 82.2 Å². The summed E-state index contributed by atoms with van der Waals surface area (Å²) < 4.78 is 2.06. The molecule has 2 aliphatic rings. The predicted molar refractivity (Wildman–Crippen MR) is 203 cm³/mol. The van der Waals surface area contributed by atoms with E-state index in [-0.39, 0.29) is 55.9 Å². The topological polar surface area (TPSA) is 118 Å². The summed E-state index contributed by atoms with van der Waals surface area (Å²) >= 11 is 0. The maximum atomic E-state index is 14.7. The number of para-hydroxylation sites is 1. The van der Waals surface area contributed by atoms with Gasteiger partial charge in [0.2, 0.25) is 23.7 Å². The van der Waals surface area contributed by atoms with Crippen LogP contribution in [-0.4, -0.2) is 103 Å². The molecule has 1 N–H and O–H groups in total. The van der Waals surface area contributed by atoms with Crippen molar-refractivity contribution in [2.75, 3.05) is 38.6 Å². The van der Waals surface area contributed by atoms with Crippen LogP contribution in [-0.2, 0) is 40.8 Å². The molecule has 7 rings (SSSR count). The summed E-state index contributed by atoms with van der Waals surface area (Å²) in [6, 6.07) is 21.7. The minimum Gasteiger partial charge on any atom is -0.508 e. The predicted octanol–water partition coefficient (Wildman–Crippen LogP) is 4.39. The molecule has 272 valence electrons. The maximum Gasteiger partial charge on any atom is 0.246 e. The fourth-order valence-electron chi connectivity index (χ4n) is 7.58. The average Bonchev–Trinajstić information content (AvgIpc) is 3.50. The zero-order valence-corrected chi connectivity index (χ0v) is 30.3. The monoisotopic (exact) mass is 712 g/mol. The SMILES string of the molecule is C=CCN1CC(=O)N2[C@@H](Cc3ccc(O)cc3)C(=O)N(Cc3cccc4c(-c5cnc(N(C)C)nc5)cn(C)c34)C[C@@H]2N1C(=O)CCc1ccccc1. The lowest BCUT2D eigenvalue weighted by Crippen LogP contribution is -2.75. The summed E-state index contributed by atoms with van der Waals surface area (Å²) in [4.78, 5) is 57.2. The highest BCUT2D eigenvalue weighted by Gasteiger charge is 2.51. The van der Waals surface area contributed by atoms with Gasteiger partial charge in [-0.15, -0.1) is 6.58 Å². The lowest BCUT2D eigenvalue weighted by Gasteiger charge is -2.55. The van der Waals surface area contributed by atoms with Gasteiger partial charge in [-0.2, -0.15) is 0 Å². The van der Waals surface area contributed by atoms with Crippen molar-refractivity contribution < 1.29 is 19.5 Å². The van der Waals surface area contributed by atoms with E-state index in [1.54, 1.807) is 50.2 Å². The van der Waals surface area contributed by atoms with E-state index in [1.807, 2.05) is 80.9 Å². The first-order valence-electron chi connectivity index (χ1n) is 17.8. The Morgan fingerprint density at radius 1 is 0.981 bits per heavy atom. The molecule has 2 aromatic heterocycles. The van der Waals surface area contributed by atoms with Crippen molar-refractivity contribution in [3.8, 4) is 16.9 Å². The normalized spacial score (nSPS) is 17.7. The van der Waals surface area contributed by atoms with Crippen LogP contribution in [0.4, 0.5) is 5.95 Å². The van der Waals surface area contributed by atoms with E-state index in [9.17, 15) is 19.5 Å². The van der Waals surface area contributed by atoms with Gasteiger partial charge < -0.3 is 24.4 Å². The highest BCUT2D eigenvalue weighted by Crippen LogP contribution is 2.34. The molecule has 4 heterocycles. The first kappa shape index (κ1) is 35.4. The molecule has 0 saturated carbocycles. The Balaban J connectivity index is 1.26. The van der Waals surface area contributed by atoms with Crippen molar-refractivity contribution >= 4 is 34.6 Å². The van der Waals surface area contributed by atoms with Gasteiger partial charge in [-0.3, -0.25) is 14.4 Å². The van der Waals surface area contributed by atoms with E-state index >= 15 is 0 Å². The maximum absolute atomic E-state index is 14.7. The van der Waals surface area contributed by atoms with Crippen LogP contribution in [0.25, 0.3) is 22.0 Å². The summed E-state index contributed by atoms with van der Waals surface area (Å²) in [5, 5.41) is 14.4. The Morgan fingerprint density at radius 3 is 2.42 bits per heavy atom. The van der Waals surface area contributed by atoms with E-state index in [0.717, 1.165) is 38.7 Å². The second-order valence-corrected chi connectivity index (χ2v) is 13.9. The second-order valence-electron chi connectivity index (χ2n) is 13.9. The standard InChI is InChI=1S/C41H44N8O4/c1-5-20-47-27-38(52)48-35(21-29-14-17-32(50)18-15-29)40(53)46(26-36(48)49(47)37(51)19-16-28-10-7-6-8-11-28)24-30-12-9-13-33-34(25-45(4)39(30)33)31-22-42-41(43-23-31)44(2)3/h5-15,17-18,22-23,25,35-36,50H,1,16,19-21,24,26-27H2,2-4H3/t35-,36-/m0/s1. The van der Waals surface area contributed by atoms with Gasteiger partial charge in [0.25, 0.3) is 0 Å². The zero-order valence-electron chi connectivity index (χ0n) is 30.3. The number of fused-ring (bicyclic) bond motifs is 2. The molecule has 0 radical (unpaired) electrons. The molecule has 0 bridgehead atoms. The first-order valence-corrected chi connectivity index (χ1v) is 17.8. The molecule has 2 aliphatic heterocycles. The molecule has 2 atom stereocenters. The largest absolute Gasteiger partial charge is 0.508 e. The van der Waals surface area contributed by atoms with E-state index in [0.29, 0.717) is 18.9 Å². The minimum absolute atomic E-state index is 0.0520. The van der Waals surface area contributed by atoms with E-state index < -0.39 is 12.2 Å². The van der Waals surface area contributed by atoms with Crippen molar-refractivity contribution in [2.24, 2.45) is 7.05 Å². The number of hydrogen-bond donors (Lipinski definition) is 1. The Morgan fingerprint density at radius 2 is 1.72 bits per heavy atom. The van der Waals surface area contributed by atoms with E-state index in [1.165, 1.54) is 0 Å². The van der Waals surface area contributed by atoms with Crippen LogP contribution in [0.1, 0.15) is 23.1 Å². The molecule has 0 aliphatic carbocycles. The number of rotatable bonds is 11. The molecule has 53 heavy (non-hydrogen) atoms. The average molecular weight is 713 g/mol. The van der Waals surface area contributed by atoms with Crippen LogP contribution >= 0.6 is 0 Å². The summed E-state index contributed by atoms with van der Waals surface area (Å²) in [6.45, 7) is 4.55. The quantitative estimate of drug-likeness (QED) is 0.201. The van der Waals surface area contributed by atoms with Crippen molar-refractivity contribution in [1.82, 2.24) is 34.4 Å². The molecule has 0 unspecified atom stereocenters. The number of amides is 3. The van der Waals surface area contributed by atoms with Gasteiger partial charge in [-0.1, -0.05) is 66.7 Å². The molecule has 2 fully saturated rings. The van der Waals surface area contributed by atoms with Crippen molar-refractivity contribution in [1.29, 1.82) is 0 Å². The third-order valence-electron chi connectivity index (χ3n) is 10.1. The summed E-state index contributed by atoms with van der Waals surface area (Å²) in [5.74, 6) is 0.179. The number of hydrogen-bond acceptors (Lipinski definition) is 8. The Bertz CT molecular complexity index is 2130. The van der Waals surface area contributed by atoms with Gasteiger partial charge in [0.1, 0.15) is 18.0 Å². The number of hydrazine groups is 1. The molecule has 2 saturated heterocycles. The Kier molecular flexibility index (Phi) is 9.96. The second kappa shape index (κ2) is 14.9. The van der Waals surface area contributed by atoms with Gasteiger partial charge in [0.15, 0.2) is 0 Å². The number of anilines is 1. The van der Waals surface area contributed by atoms with Crippen molar-refractivity contribution in [3.63, 3.8) is 0 Å². The number of carbonyl (C=O) groups excluding carboxylic acids is 3. The lowest BCUT2D eigenvalue weighted by atomic mass is 9.97. The smallest absolute Gasteiger partial charge is 0.246 e. The summed E-state index contributed by atoms with van der Waals surface area (Å²) in [6.07, 6.45) is 7.65. The number of phenols is 1. The molecule has 12 nitrogen and oxygen atoms in total. The lowest BCUT2D eigenvalue weighted by molar-refractivity contribution is -0.205. The van der Waals surface area contributed by atoms with Crippen molar-refractivity contribution in [3.05, 3.63) is 121 Å². The van der Waals surface area contributed by atoms with Crippen molar-refractivity contribution in [2.45, 2.75) is 38.0 Å². The Labute approximate surface area is 309 Å². The van der Waals surface area contributed by atoms with Crippen LogP contribution in [0.3, 0.4) is 0 Å². The molecular formula is C41H44N8O4. The van der Waals surface area contributed by atoms with Crippen LogP contribution in [0.2, 0.25) is 0 Å². The molecule has 0 spiro atoms. The zero-order chi connectivity index (χ0) is 37.2. The number of nitrogens with zero attached hydrogens (tertiary/aromatic N) is 8. The van der Waals surface area contributed by atoms with Gasteiger partial charge >= 0.3 is 0 Å². The number of piperazine rings is 1. The van der Waals surface area contributed by atoms with Gasteiger partial charge in [0.05, 0.1) is 18.6 Å². The minimum atomic E-state index is -0.864. The first-order chi connectivity index (χ1) is 25.6. The third-order valence-corrected chi connectivity index (χ3v) is 10.1. The van der Waals surface area contributed by atoms with Crippen LogP contribution in [0.15, 0.2) is 104 Å². The molecule has 3 amide bonds. The molecular weight excluding hydrogens is 669 g/mol. The summed E-state index contributed by atoms with van der Waals surface area (Å²) in [7, 11) is 5.78. The van der Waals surface area contributed by atoms with E-state index in [2.05, 4.69) is 33.4 Å². The number of carbonyl (C=O) groups is 3. The fraction of sp³-hybridized carbons (Fsp3) is 0.293. The van der Waals surface area contributed by atoms with E-state index in [4.69, 9.17) is 0 Å². The Hall–Kier alpha value is -6.01. The van der Waals surface area contributed by atoms with Gasteiger partial charge in [-0.05, 0) is 35.2 Å².